The molecule has 0 unspecified atom stereocenters. The maximum atomic E-state index is 12.1. The third-order valence-corrected chi connectivity index (χ3v) is 5.55. The van der Waals surface area contributed by atoms with Crippen LogP contribution in [0.4, 0.5) is 0 Å². The maximum Gasteiger partial charge on any atom is 0.334 e. The summed E-state index contributed by atoms with van der Waals surface area (Å²) in [4.78, 5) is 12.1. The molecule has 3 aliphatic rings. The number of aliphatic hydroxyl groups excluding tert-OH is 1. The molecule has 1 heterocycles. The molecular formula is C19H26O4. The largest absolute Gasteiger partial charge is 0.458 e. The van der Waals surface area contributed by atoms with Gasteiger partial charge in [0.05, 0.1) is 18.1 Å². The van der Waals surface area contributed by atoms with Crippen molar-refractivity contribution in [1.29, 1.82) is 0 Å². The quantitative estimate of drug-likeness (QED) is 0.642. The normalized spacial score (nSPS) is 42.7. The number of hydrogen-bond donors (Lipinski definition) is 1. The van der Waals surface area contributed by atoms with Gasteiger partial charge in [0.2, 0.25) is 0 Å². The Labute approximate surface area is 137 Å². The second-order valence-corrected chi connectivity index (χ2v) is 7.75. The first-order chi connectivity index (χ1) is 10.8. The van der Waals surface area contributed by atoms with Gasteiger partial charge in [0.1, 0.15) is 6.10 Å². The van der Waals surface area contributed by atoms with Crippen molar-refractivity contribution in [2.75, 3.05) is 6.61 Å². The monoisotopic (exact) mass is 318 g/mol. The van der Waals surface area contributed by atoms with Crippen LogP contribution in [0.1, 0.15) is 27.2 Å². The smallest absolute Gasteiger partial charge is 0.334 e. The molecule has 1 saturated carbocycles. The molecule has 2 fully saturated rings. The lowest BCUT2D eigenvalue weighted by molar-refractivity contribution is -0.159. The molecule has 23 heavy (non-hydrogen) atoms. The SMILES string of the molecule is C=C1C(=O)O[C@H]2[C@H]1[C@H](OCC(C)C)C[C@@]1(C)[C@H](O)C=CC(=C)[C@H]21. The first kappa shape index (κ1) is 16.5. The number of fused-ring (bicyclic) bond motifs is 3. The zero-order valence-corrected chi connectivity index (χ0v) is 14.1. The molecule has 1 saturated heterocycles. The molecule has 0 aromatic rings. The van der Waals surface area contributed by atoms with Gasteiger partial charge in [0, 0.05) is 23.5 Å². The molecule has 1 aliphatic heterocycles. The number of aliphatic hydroxyl groups is 1. The summed E-state index contributed by atoms with van der Waals surface area (Å²) in [6, 6.07) is 0. The van der Waals surface area contributed by atoms with Gasteiger partial charge in [-0.3, -0.25) is 0 Å². The summed E-state index contributed by atoms with van der Waals surface area (Å²) in [6.45, 7) is 14.9. The first-order valence-electron chi connectivity index (χ1n) is 8.32. The van der Waals surface area contributed by atoms with E-state index in [0.29, 0.717) is 24.5 Å². The highest BCUT2D eigenvalue weighted by Gasteiger charge is 2.60. The van der Waals surface area contributed by atoms with Crippen molar-refractivity contribution in [3.63, 3.8) is 0 Å². The van der Waals surface area contributed by atoms with Crippen molar-refractivity contribution in [2.45, 2.75) is 45.5 Å². The molecule has 0 radical (unpaired) electrons. The van der Waals surface area contributed by atoms with Gasteiger partial charge in [-0.2, -0.15) is 0 Å². The Balaban J connectivity index is 1.98. The number of carbonyl (C=O) groups excluding carboxylic acids is 1. The molecule has 2 aliphatic carbocycles. The summed E-state index contributed by atoms with van der Waals surface area (Å²) in [5.41, 5.74) is 0.944. The van der Waals surface area contributed by atoms with Gasteiger partial charge in [0.25, 0.3) is 0 Å². The van der Waals surface area contributed by atoms with Crippen LogP contribution >= 0.6 is 0 Å². The molecule has 0 spiro atoms. The molecule has 0 bridgehead atoms. The number of carbonyl (C=O) groups is 1. The summed E-state index contributed by atoms with van der Waals surface area (Å²) in [5, 5.41) is 10.6. The van der Waals surface area contributed by atoms with E-state index in [4.69, 9.17) is 9.47 Å². The van der Waals surface area contributed by atoms with Crippen LogP contribution in [-0.2, 0) is 14.3 Å². The third kappa shape index (κ3) is 2.48. The summed E-state index contributed by atoms with van der Waals surface area (Å²) in [6.07, 6.45) is 3.17. The predicted molar refractivity (Wildman–Crippen MR) is 87.6 cm³/mol. The van der Waals surface area contributed by atoms with E-state index in [1.807, 2.05) is 13.0 Å². The Bertz CT molecular complexity index is 576. The standard InChI is InChI=1S/C19H26O4/c1-10(2)9-22-13-8-19(5)14(20)7-6-11(3)16(19)17-15(13)12(4)18(21)23-17/h6-7,10,13-17,20H,3-4,8-9H2,1-2,5H3/t13-,14-,15-,16-,17+,19+/m1/s1. The highest BCUT2D eigenvalue weighted by molar-refractivity contribution is 5.91. The summed E-state index contributed by atoms with van der Waals surface area (Å²) < 4.78 is 11.8. The van der Waals surface area contributed by atoms with Crippen molar-refractivity contribution >= 4 is 5.97 Å². The van der Waals surface area contributed by atoms with Gasteiger partial charge in [-0.1, -0.05) is 46.1 Å². The first-order valence-corrected chi connectivity index (χ1v) is 8.32. The molecular weight excluding hydrogens is 292 g/mol. The minimum Gasteiger partial charge on any atom is -0.458 e. The minimum absolute atomic E-state index is 0.102. The van der Waals surface area contributed by atoms with E-state index in [9.17, 15) is 9.90 Å². The van der Waals surface area contributed by atoms with Crippen molar-refractivity contribution in [3.8, 4) is 0 Å². The Hall–Kier alpha value is -1.39. The van der Waals surface area contributed by atoms with Gasteiger partial charge in [0.15, 0.2) is 0 Å². The molecule has 0 aromatic carbocycles. The number of esters is 1. The van der Waals surface area contributed by atoms with E-state index >= 15 is 0 Å². The Kier molecular flexibility index (Phi) is 4.01. The molecule has 1 N–H and O–H groups in total. The van der Waals surface area contributed by atoms with Gasteiger partial charge < -0.3 is 14.6 Å². The van der Waals surface area contributed by atoms with Gasteiger partial charge >= 0.3 is 5.97 Å². The van der Waals surface area contributed by atoms with Crippen molar-refractivity contribution in [1.82, 2.24) is 0 Å². The number of rotatable bonds is 3. The van der Waals surface area contributed by atoms with Crippen molar-refractivity contribution < 1.29 is 19.4 Å². The minimum atomic E-state index is -0.600. The Morgan fingerprint density at radius 2 is 2.17 bits per heavy atom. The molecule has 0 amide bonds. The van der Waals surface area contributed by atoms with Gasteiger partial charge in [-0.05, 0) is 17.9 Å². The lowest BCUT2D eigenvalue weighted by Gasteiger charge is -2.53. The zero-order valence-electron chi connectivity index (χ0n) is 14.1. The molecule has 126 valence electrons. The summed E-state index contributed by atoms with van der Waals surface area (Å²) >= 11 is 0. The van der Waals surface area contributed by atoms with Crippen molar-refractivity contribution in [3.05, 3.63) is 36.5 Å². The highest BCUT2D eigenvalue weighted by atomic mass is 16.6. The van der Waals surface area contributed by atoms with Crippen LogP contribution in [0.2, 0.25) is 0 Å². The fourth-order valence-electron chi connectivity index (χ4n) is 4.34. The van der Waals surface area contributed by atoms with Crippen LogP contribution in [-0.4, -0.2) is 36.0 Å². The van der Waals surface area contributed by atoms with Crippen LogP contribution in [0.3, 0.4) is 0 Å². The van der Waals surface area contributed by atoms with Gasteiger partial charge in [-0.25, -0.2) is 4.79 Å². The van der Waals surface area contributed by atoms with E-state index in [-0.39, 0.29) is 30.0 Å². The lowest BCUT2D eigenvalue weighted by Crippen LogP contribution is -2.57. The number of allylic oxidation sites excluding steroid dienone is 1. The van der Waals surface area contributed by atoms with Crippen LogP contribution in [0.25, 0.3) is 0 Å². The second-order valence-electron chi connectivity index (χ2n) is 7.75. The van der Waals surface area contributed by atoms with E-state index in [1.165, 1.54) is 0 Å². The number of ether oxygens (including phenoxy) is 2. The third-order valence-electron chi connectivity index (χ3n) is 5.55. The molecule has 4 nitrogen and oxygen atoms in total. The topological polar surface area (TPSA) is 55.8 Å². The van der Waals surface area contributed by atoms with Crippen LogP contribution in [0.5, 0.6) is 0 Å². The predicted octanol–water partition coefficient (Wildman–Crippen LogP) is 2.64. The molecule has 3 rings (SSSR count). The van der Waals surface area contributed by atoms with Crippen LogP contribution in [0, 0.1) is 23.2 Å². The van der Waals surface area contributed by atoms with Gasteiger partial charge in [-0.15, -0.1) is 0 Å². The van der Waals surface area contributed by atoms with Crippen molar-refractivity contribution in [2.24, 2.45) is 23.2 Å². The average Bonchev–Trinajstić information content (AvgIpc) is 2.76. The fourth-order valence-corrected chi connectivity index (χ4v) is 4.34. The summed E-state index contributed by atoms with van der Waals surface area (Å²) in [5.74, 6) is -0.208. The number of hydrogen-bond acceptors (Lipinski definition) is 4. The molecule has 6 atom stereocenters. The second kappa shape index (κ2) is 5.60. The van der Waals surface area contributed by atoms with E-state index in [1.54, 1.807) is 6.08 Å². The van der Waals surface area contributed by atoms with Crippen LogP contribution < -0.4 is 0 Å². The van der Waals surface area contributed by atoms with E-state index < -0.39 is 11.5 Å². The Morgan fingerprint density at radius 1 is 1.48 bits per heavy atom. The molecule has 0 aromatic heterocycles. The Morgan fingerprint density at radius 3 is 2.83 bits per heavy atom. The fraction of sp³-hybridized carbons (Fsp3) is 0.632. The van der Waals surface area contributed by atoms with E-state index in [2.05, 4.69) is 27.0 Å². The average molecular weight is 318 g/mol. The van der Waals surface area contributed by atoms with E-state index in [0.717, 1.165) is 5.57 Å². The van der Waals surface area contributed by atoms with Crippen LogP contribution in [0.15, 0.2) is 36.5 Å². The maximum absolute atomic E-state index is 12.1. The highest BCUT2D eigenvalue weighted by Crippen LogP contribution is 2.56. The lowest BCUT2D eigenvalue weighted by atomic mass is 9.55. The molecule has 4 heteroatoms. The zero-order chi connectivity index (χ0) is 16.9. The summed E-state index contributed by atoms with van der Waals surface area (Å²) in [7, 11) is 0.